The van der Waals surface area contributed by atoms with E-state index >= 15 is 0 Å². The highest BCUT2D eigenvalue weighted by Crippen LogP contribution is 2.32. The lowest BCUT2D eigenvalue weighted by Crippen LogP contribution is -2.59. The van der Waals surface area contributed by atoms with Crippen molar-refractivity contribution in [3.63, 3.8) is 0 Å². The Morgan fingerprint density at radius 2 is 1.00 bits per heavy atom. The maximum Gasteiger partial charge on any atom is 0.311 e. The highest BCUT2D eigenvalue weighted by molar-refractivity contribution is 5.73. The van der Waals surface area contributed by atoms with Crippen molar-refractivity contribution >= 4 is 5.97 Å². The van der Waals surface area contributed by atoms with Gasteiger partial charge in [0.2, 0.25) is 0 Å². The largest absolute Gasteiger partial charge is 0.469 e. The number of aliphatic hydroxyl groups excluding tert-OH is 7. The maximum atomic E-state index is 12.1. The number of rotatable bonds is 17. The summed E-state index contributed by atoms with van der Waals surface area (Å²) in [6.07, 6.45) is -11.2. The van der Waals surface area contributed by atoms with E-state index in [0.29, 0.717) is 11.1 Å². The molecule has 0 bridgehead atoms. The number of carbonyl (C=O) groups is 1. The van der Waals surface area contributed by atoms with Crippen molar-refractivity contribution in [1.82, 2.24) is 0 Å². The molecular weight excluding hydrogens is 672 g/mol. The average Bonchev–Trinajstić information content (AvgIpc) is 3.10. The molecule has 2 saturated heterocycles. The van der Waals surface area contributed by atoms with Crippen LogP contribution in [0, 0.1) is 23.7 Å². The highest BCUT2D eigenvalue weighted by Gasteiger charge is 2.47. The molecule has 15 heteroatoms. The molecule has 17 atom stereocenters. The maximum absolute atomic E-state index is 12.1. The normalized spacial score (nSPS) is 35.4. The Morgan fingerprint density at radius 3 is 1.37 bits per heavy atom. The summed E-state index contributed by atoms with van der Waals surface area (Å²) in [6, 6.07) is 0. The monoisotopic (exact) mass is 734 g/mol. The molecule has 296 valence electrons. The van der Waals surface area contributed by atoms with E-state index in [2.05, 4.69) is 0 Å². The van der Waals surface area contributed by atoms with Gasteiger partial charge in [-0.05, 0) is 50.3 Å². The summed E-state index contributed by atoms with van der Waals surface area (Å²) >= 11 is 0. The first-order chi connectivity index (χ1) is 23.8. The Hall–Kier alpha value is -1.83. The summed E-state index contributed by atoms with van der Waals surface area (Å²) in [5.41, 5.74) is 1.87. The molecule has 0 radical (unpaired) electrons. The molecule has 2 aliphatic rings. The van der Waals surface area contributed by atoms with Gasteiger partial charge in [0.05, 0.1) is 31.3 Å². The minimum Gasteiger partial charge on any atom is -0.469 e. The van der Waals surface area contributed by atoms with E-state index in [1.165, 1.54) is 21.3 Å². The van der Waals surface area contributed by atoms with Crippen LogP contribution in [0.15, 0.2) is 34.9 Å². The first-order valence-electron chi connectivity index (χ1n) is 17.4. The van der Waals surface area contributed by atoms with E-state index in [9.17, 15) is 40.5 Å². The molecule has 51 heavy (non-hydrogen) atoms. The molecule has 2 rings (SSSR count). The highest BCUT2D eigenvalue weighted by atomic mass is 16.8. The Bertz CT molecular complexity index is 1170. The molecule has 0 unspecified atom stereocenters. The molecule has 0 aliphatic carbocycles. The van der Waals surface area contributed by atoms with Gasteiger partial charge < -0.3 is 68.9 Å². The molecule has 15 nitrogen and oxygen atoms in total. The van der Waals surface area contributed by atoms with E-state index in [0.717, 1.165) is 12.0 Å². The number of aliphatic hydroxyl groups is 7. The molecule has 0 aromatic heterocycles. The van der Waals surface area contributed by atoms with Crippen molar-refractivity contribution in [2.24, 2.45) is 23.7 Å². The summed E-state index contributed by atoms with van der Waals surface area (Å²) in [4.78, 5) is 12.1. The number of methoxy groups -OCH3 is 3. The van der Waals surface area contributed by atoms with Gasteiger partial charge in [0.15, 0.2) is 25.2 Å². The molecule has 2 fully saturated rings. The van der Waals surface area contributed by atoms with Crippen LogP contribution in [-0.4, -0.2) is 143 Å². The fourth-order valence-corrected chi connectivity index (χ4v) is 6.40. The van der Waals surface area contributed by atoms with Crippen LogP contribution in [0.2, 0.25) is 0 Å². The van der Waals surface area contributed by atoms with Gasteiger partial charge in [-0.25, -0.2) is 0 Å². The second-order valence-corrected chi connectivity index (χ2v) is 13.9. The van der Waals surface area contributed by atoms with Crippen molar-refractivity contribution in [2.75, 3.05) is 21.3 Å². The average molecular weight is 735 g/mol. The smallest absolute Gasteiger partial charge is 0.311 e. The molecule has 0 saturated carbocycles. The minimum atomic E-state index is -1.65. The van der Waals surface area contributed by atoms with Crippen LogP contribution in [0.5, 0.6) is 0 Å². The zero-order valence-electron chi connectivity index (χ0n) is 31.7. The third-order valence-electron chi connectivity index (χ3n) is 9.69. The van der Waals surface area contributed by atoms with Gasteiger partial charge in [-0.3, -0.25) is 4.79 Å². The molecule has 0 aromatic carbocycles. The molecule has 7 N–H and O–H groups in total. The van der Waals surface area contributed by atoms with Gasteiger partial charge in [-0.1, -0.05) is 52.3 Å². The zero-order valence-corrected chi connectivity index (χ0v) is 31.7. The summed E-state index contributed by atoms with van der Waals surface area (Å²) in [7, 11) is 3.80. The standard InChI is InChI=1S/C36H62O15/c1-12-16(2)13-18(4)30(48-35-28(42)24(38)26(40)33(46-10)50-35)20(6)15-21(7)31(19(5)14-17(3)23(37)22(8)32(44)45-9)49-36-29(43)25(39)27(41)34(47-11)51-36/h13-16,19-20,22-31,33-43H,12H2,1-11H3/b17-14-,18-13+,21-15+/t16-,19+,20+,22-,23+,24+,25+,26+,27+,28+,29+,30+,31-,33+,34+,35-,36-/m1/s1. The lowest BCUT2D eigenvalue weighted by atomic mass is 9.88. The van der Waals surface area contributed by atoms with Crippen molar-refractivity contribution in [2.45, 2.75) is 142 Å². The van der Waals surface area contributed by atoms with Gasteiger partial charge in [-0.2, -0.15) is 0 Å². The molecule has 0 spiro atoms. The number of hydrogen-bond donors (Lipinski definition) is 7. The second-order valence-electron chi connectivity index (χ2n) is 13.9. The third kappa shape index (κ3) is 11.6. The fraction of sp³-hybridized carbons (Fsp3) is 0.806. The molecular formula is C36H62O15. The van der Waals surface area contributed by atoms with Crippen LogP contribution in [0.4, 0.5) is 0 Å². The van der Waals surface area contributed by atoms with E-state index in [-0.39, 0.29) is 5.92 Å². The van der Waals surface area contributed by atoms with Crippen LogP contribution < -0.4 is 0 Å². The van der Waals surface area contributed by atoms with Crippen molar-refractivity contribution < 1.29 is 73.7 Å². The lowest BCUT2D eigenvalue weighted by molar-refractivity contribution is -0.352. The van der Waals surface area contributed by atoms with Crippen molar-refractivity contribution in [3.05, 3.63) is 34.9 Å². The summed E-state index contributed by atoms with van der Waals surface area (Å²) in [6.45, 7) is 14.6. The Kier molecular flexibility index (Phi) is 18.3. The van der Waals surface area contributed by atoms with Gasteiger partial charge in [0.1, 0.15) is 36.6 Å². The molecule has 2 aliphatic heterocycles. The quantitative estimate of drug-likeness (QED) is 0.0815. The second kappa shape index (κ2) is 20.6. The SMILES string of the molecule is CC[C@@H](C)/C=C(\C)[C@H](O[C@@H]1O[C@H](OC)[C@@H](O)[C@H](O)[C@@H]1O)[C@@H](C)/C=C(\C)[C@H](O[C@@H]1O[C@H](OC)[C@@H](O)[C@H](O)[C@@H]1O)[C@@H](C)/C=C(/C)[C@H](O)[C@@H](C)C(=O)OC. The first-order valence-corrected chi connectivity index (χ1v) is 17.4. The molecule has 2 heterocycles. The molecule has 0 aromatic rings. The predicted molar refractivity (Wildman–Crippen MR) is 183 cm³/mol. The molecule has 0 amide bonds. The van der Waals surface area contributed by atoms with Crippen LogP contribution in [0.3, 0.4) is 0 Å². The van der Waals surface area contributed by atoms with Gasteiger partial charge in [-0.15, -0.1) is 0 Å². The topological polar surface area (TPSA) is 223 Å². The zero-order chi connectivity index (χ0) is 38.9. The van der Waals surface area contributed by atoms with Crippen LogP contribution in [0.25, 0.3) is 0 Å². The Balaban J connectivity index is 2.58. The number of esters is 1. The summed E-state index contributed by atoms with van der Waals surface area (Å²) < 4.78 is 39.2. The van der Waals surface area contributed by atoms with Gasteiger partial charge in [0.25, 0.3) is 0 Å². The van der Waals surface area contributed by atoms with Gasteiger partial charge >= 0.3 is 5.97 Å². The van der Waals surface area contributed by atoms with Crippen molar-refractivity contribution in [3.8, 4) is 0 Å². The fourth-order valence-electron chi connectivity index (χ4n) is 6.40. The van der Waals surface area contributed by atoms with Crippen molar-refractivity contribution in [1.29, 1.82) is 0 Å². The summed E-state index contributed by atoms with van der Waals surface area (Å²) in [5.74, 6) is -2.25. The number of ether oxygens (including phenoxy) is 7. The number of allylic oxidation sites excluding steroid dienone is 1. The van der Waals surface area contributed by atoms with Crippen LogP contribution >= 0.6 is 0 Å². The van der Waals surface area contributed by atoms with Crippen LogP contribution in [0.1, 0.15) is 61.8 Å². The van der Waals surface area contributed by atoms with E-state index < -0.39 is 104 Å². The van der Waals surface area contributed by atoms with E-state index in [1.807, 2.05) is 39.8 Å². The van der Waals surface area contributed by atoms with E-state index in [1.54, 1.807) is 33.8 Å². The Labute approximate surface area is 301 Å². The Morgan fingerprint density at radius 1 is 0.627 bits per heavy atom. The third-order valence-corrected chi connectivity index (χ3v) is 9.69. The number of hydrogen-bond acceptors (Lipinski definition) is 15. The van der Waals surface area contributed by atoms with Crippen LogP contribution in [-0.2, 0) is 38.0 Å². The first kappa shape index (κ1) is 45.3. The lowest BCUT2D eigenvalue weighted by Gasteiger charge is -2.42. The van der Waals surface area contributed by atoms with E-state index in [4.69, 9.17) is 33.2 Å². The number of carbonyl (C=O) groups excluding carboxylic acids is 1. The predicted octanol–water partition coefficient (Wildman–Crippen LogP) is 0.907. The minimum absolute atomic E-state index is 0.174. The van der Waals surface area contributed by atoms with Gasteiger partial charge in [0, 0.05) is 26.1 Å². The summed E-state index contributed by atoms with van der Waals surface area (Å²) in [5, 5.41) is 74.2.